The van der Waals surface area contributed by atoms with Crippen LogP contribution < -0.4 is 4.90 Å². The minimum Gasteiger partial charge on any atom is -0.351 e. The Hall–Kier alpha value is -1.68. The molecule has 1 aliphatic carbocycles. The number of carbonyl (C=O) groups excluding carboxylic acids is 1. The van der Waals surface area contributed by atoms with E-state index in [1.165, 1.54) is 23.4 Å². The van der Waals surface area contributed by atoms with Gasteiger partial charge in [-0.15, -0.1) is 0 Å². The zero-order chi connectivity index (χ0) is 16.0. The van der Waals surface area contributed by atoms with Crippen molar-refractivity contribution in [3.63, 3.8) is 0 Å². The highest BCUT2D eigenvalue weighted by Crippen LogP contribution is 2.44. The van der Waals surface area contributed by atoms with Gasteiger partial charge in [0.25, 0.3) is 0 Å². The molecule has 0 amide bonds. The van der Waals surface area contributed by atoms with E-state index in [1.54, 1.807) is 11.3 Å². The molecule has 0 saturated heterocycles. The fourth-order valence-electron chi connectivity index (χ4n) is 3.27. The number of anilines is 1. The monoisotopic (exact) mass is 326 g/mol. The van der Waals surface area contributed by atoms with Gasteiger partial charge in [-0.25, -0.2) is 4.98 Å². The summed E-state index contributed by atoms with van der Waals surface area (Å²) >= 11 is 1.75. The first kappa shape index (κ1) is 14.9. The summed E-state index contributed by atoms with van der Waals surface area (Å²) in [6.07, 6.45) is 3.39. The Morgan fingerprint density at radius 2 is 2.04 bits per heavy atom. The van der Waals surface area contributed by atoms with Crippen molar-refractivity contribution in [2.45, 2.75) is 39.2 Å². The number of fused-ring (bicyclic) bond motifs is 1. The lowest BCUT2D eigenvalue weighted by Crippen LogP contribution is -2.41. The molecule has 0 N–H and O–H groups in total. The zero-order valence-corrected chi connectivity index (χ0v) is 14.5. The van der Waals surface area contributed by atoms with Crippen molar-refractivity contribution in [3.05, 3.63) is 36.0 Å². The van der Waals surface area contributed by atoms with Crippen LogP contribution in [0.3, 0.4) is 0 Å². The Kier molecular flexibility index (Phi) is 3.72. The molecule has 1 atom stereocenters. The second-order valence-electron chi connectivity index (χ2n) is 7.01. The third kappa shape index (κ3) is 2.80. The number of benzene rings is 1. The molecule has 1 aromatic heterocycles. The van der Waals surface area contributed by atoms with E-state index in [0.717, 1.165) is 29.6 Å². The van der Waals surface area contributed by atoms with Crippen LogP contribution in [0.15, 0.2) is 30.3 Å². The molecule has 0 bridgehead atoms. The second kappa shape index (κ2) is 5.75. The summed E-state index contributed by atoms with van der Waals surface area (Å²) in [5.74, 6) is 1.21. The van der Waals surface area contributed by atoms with Gasteiger partial charge in [0.15, 0.2) is 5.78 Å². The maximum Gasteiger partial charge on any atom is 0.158 e. The predicted molar refractivity (Wildman–Crippen MR) is 95.0 cm³/mol. The number of aromatic nitrogens is 1. The fourth-order valence-corrected chi connectivity index (χ4v) is 4.43. The van der Waals surface area contributed by atoms with Crippen LogP contribution in [-0.4, -0.2) is 23.4 Å². The predicted octanol–water partition coefficient (Wildman–Crippen LogP) is 4.18. The lowest BCUT2D eigenvalue weighted by atomic mass is 9.99. The van der Waals surface area contributed by atoms with Gasteiger partial charge in [-0.05, 0) is 18.8 Å². The van der Waals surface area contributed by atoms with Gasteiger partial charge in [-0.3, -0.25) is 4.79 Å². The molecule has 1 aromatic carbocycles. The number of carbonyl (C=O) groups is 1. The summed E-state index contributed by atoms with van der Waals surface area (Å²) < 4.78 is 0. The molecule has 0 spiro atoms. The van der Waals surface area contributed by atoms with Crippen molar-refractivity contribution >= 4 is 22.1 Å². The molecular formula is C19H22N2OS. The average molecular weight is 326 g/mol. The molecule has 2 heterocycles. The molecule has 3 nitrogen and oxygen atoms in total. The van der Waals surface area contributed by atoms with Gasteiger partial charge in [0.05, 0.1) is 11.7 Å². The summed E-state index contributed by atoms with van der Waals surface area (Å²) in [5, 5.41) is 2.31. The molecule has 4 rings (SSSR count). The molecule has 1 aliphatic heterocycles. The first-order chi connectivity index (χ1) is 11.1. The lowest BCUT2D eigenvalue weighted by molar-refractivity contribution is -0.123. The van der Waals surface area contributed by atoms with E-state index in [9.17, 15) is 4.79 Å². The molecule has 1 saturated carbocycles. The molecule has 4 heteroatoms. The third-order valence-corrected chi connectivity index (χ3v) is 5.95. The molecule has 1 unspecified atom stereocenters. The number of thiazole rings is 1. The normalized spacial score (nSPS) is 20.1. The van der Waals surface area contributed by atoms with Crippen LogP contribution in [0.2, 0.25) is 0 Å². The first-order valence-corrected chi connectivity index (χ1v) is 9.30. The van der Waals surface area contributed by atoms with Gasteiger partial charge in [-0.1, -0.05) is 55.5 Å². The zero-order valence-electron chi connectivity index (χ0n) is 13.7. The van der Waals surface area contributed by atoms with Crippen LogP contribution in [0.5, 0.6) is 0 Å². The van der Waals surface area contributed by atoms with Crippen molar-refractivity contribution in [1.29, 1.82) is 0 Å². The molecule has 2 aliphatic rings. The largest absolute Gasteiger partial charge is 0.351 e. The standard InChI is InChI=1S/C19H22N2OS/c1-12(2)17(22)16-10-15-19(21(16)11-13-8-9-13)23-18(20-15)14-6-4-3-5-7-14/h3-7,12-13,16H,8-11H2,1-2H3. The van der Waals surface area contributed by atoms with Crippen molar-refractivity contribution in [2.75, 3.05) is 11.4 Å². The number of hydrogen-bond donors (Lipinski definition) is 0. The van der Waals surface area contributed by atoms with Crippen molar-refractivity contribution in [3.8, 4) is 10.6 Å². The van der Waals surface area contributed by atoms with E-state index >= 15 is 0 Å². The van der Waals surface area contributed by atoms with E-state index in [4.69, 9.17) is 4.98 Å². The molecule has 0 radical (unpaired) electrons. The van der Waals surface area contributed by atoms with Gasteiger partial charge in [0.2, 0.25) is 0 Å². The van der Waals surface area contributed by atoms with E-state index in [0.29, 0.717) is 5.78 Å². The maximum atomic E-state index is 12.6. The molecule has 120 valence electrons. The number of nitrogens with zero attached hydrogens (tertiary/aromatic N) is 2. The summed E-state index contributed by atoms with van der Waals surface area (Å²) in [6.45, 7) is 5.03. The Morgan fingerprint density at radius 1 is 1.30 bits per heavy atom. The van der Waals surface area contributed by atoms with Gasteiger partial charge in [0, 0.05) is 24.4 Å². The van der Waals surface area contributed by atoms with Gasteiger partial charge in [-0.2, -0.15) is 0 Å². The first-order valence-electron chi connectivity index (χ1n) is 8.49. The van der Waals surface area contributed by atoms with E-state index in [-0.39, 0.29) is 12.0 Å². The summed E-state index contributed by atoms with van der Waals surface area (Å²) in [7, 11) is 0. The highest BCUT2D eigenvalue weighted by molar-refractivity contribution is 7.19. The summed E-state index contributed by atoms with van der Waals surface area (Å²) in [5.41, 5.74) is 2.29. The highest BCUT2D eigenvalue weighted by Gasteiger charge is 2.40. The smallest absolute Gasteiger partial charge is 0.158 e. The molecule has 2 aromatic rings. The number of ketones is 1. The van der Waals surface area contributed by atoms with Gasteiger partial charge >= 0.3 is 0 Å². The number of Topliss-reactive ketones (excluding diaryl/α,β-unsaturated/α-hetero) is 1. The fraction of sp³-hybridized carbons (Fsp3) is 0.474. The topological polar surface area (TPSA) is 33.2 Å². The Morgan fingerprint density at radius 3 is 2.70 bits per heavy atom. The van der Waals surface area contributed by atoms with E-state index < -0.39 is 0 Å². The number of rotatable bonds is 5. The van der Waals surface area contributed by atoms with Crippen molar-refractivity contribution < 1.29 is 4.79 Å². The van der Waals surface area contributed by atoms with Crippen molar-refractivity contribution in [1.82, 2.24) is 4.98 Å². The number of hydrogen-bond acceptors (Lipinski definition) is 4. The van der Waals surface area contributed by atoms with Gasteiger partial charge < -0.3 is 4.90 Å². The van der Waals surface area contributed by atoms with Crippen LogP contribution in [-0.2, 0) is 11.2 Å². The lowest BCUT2D eigenvalue weighted by Gasteiger charge is -2.26. The van der Waals surface area contributed by atoms with Crippen LogP contribution in [0.4, 0.5) is 5.00 Å². The Bertz CT molecular complexity index is 718. The average Bonchev–Trinajstić information content (AvgIpc) is 3.18. The van der Waals surface area contributed by atoms with Gasteiger partial charge in [0.1, 0.15) is 10.0 Å². The van der Waals surface area contributed by atoms with E-state index in [2.05, 4.69) is 29.2 Å². The molecule has 23 heavy (non-hydrogen) atoms. The highest BCUT2D eigenvalue weighted by atomic mass is 32.1. The van der Waals surface area contributed by atoms with Crippen LogP contribution in [0.25, 0.3) is 10.6 Å². The quantitative estimate of drug-likeness (QED) is 0.826. The summed E-state index contributed by atoms with van der Waals surface area (Å²) in [4.78, 5) is 19.8. The van der Waals surface area contributed by atoms with E-state index in [1.807, 2.05) is 19.9 Å². The molecule has 1 fully saturated rings. The SMILES string of the molecule is CC(C)C(=O)C1Cc2nc(-c3ccccc3)sc2N1CC1CC1. The second-order valence-corrected chi connectivity index (χ2v) is 7.99. The van der Waals surface area contributed by atoms with Crippen LogP contribution in [0, 0.1) is 11.8 Å². The van der Waals surface area contributed by atoms with Crippen LogP contribution >= 0.6 is 11.3 Å². The third-order valence-electron chi connectivity index (χ3n) is 4.77. The maximum absolute atomic E-state index is 12.6. The molecular weight excluding hydrogens is 304 g/mol. The Labute approximate surface area is 141 Å². The van der Waals surface area contributed by atoms with Crippen molar-refractivity contribution in [2.24, 2.45) is 11.8 Å². The summed E-state index contributed by atoms with van der Waals surface area (Å²) in [6, 6.07) is 10.4. The minimum absolute atomic E-state index is 0.00849. The Balaban J connectivity index is 1.66. The van der Waals surface area contributed by atoms with Crippen LogP contribution in [0.1, 0.15) is 32.4 Å². The minimum atomic E-state index is 0.00849.